The number of amides is 2. The highest BCUT2D eigenvalue weighted by Crippen LogP contribution is 2.15. The molecule has 1 saturated heterocycles. The Balaban J connectivity index is 1.45. The van der Waals surface area contributed by atoms with Gasteiger partial charge in [0.1, 0.15) is 5.69 Å². The number of fused-ring (bicyclic) bond motifs is 1. The van der Waals surface area contributed by atoms with Crippen LogP contribution in [0.25, 0.3) is 5.52 Å². The molecule has 4 rings (SSSR count). The van der Waals surface area contributed by atoms with Crippen molar-refractivity contribution in [2.75, 3.05) is 13.1 Å². The van der Waals surface area contributed by atoms with Crippen molar-refractivity contribution in [3.05, 3.63) is 66.2 Å². The molecule has 7 heteroatoms. The van der Waals surface area contributed by atoms with E-state index < -0.39 is 0 Å². The van der Waals surface area contributed by atoms with E-state index in [0.29, 0.717) is 24.3 Å². The number of hydrogen-bond acceptors (Lipinski definition) is 4. The second kappa shape index (κ2) is 6.95. The zero-order valence-electron chi connectivity index (χ0n) is 14.2. The first-order valence-electron chi connectivity index (χ1n) is 8.65. The molecule has 7 nitrogen and oxygen atoms in total. The number of piperidine rings is 1. The smallest absolute Gasteiger partial charge is 0.270 e. The van der Waals surface area contributed by atoms with E-state index in [1.807, 2.05) is 18.2 Å². The Morgan fingerprint density at radius 2 is 2.00 bits per heavy atom. The zero-order valence-corrected chi connectivity index (χ0v) is 14.2. The maximum absolute atomic E-state index is 12.6. The predicted octanol–water partition coefficient (Wildman–Crippen LogP) is 1.76. The molecule has 0 aromatic carbocycles. The Hall–Kier alpha value is -3.22. The van der Waals surface area contributed by atoms with Crippen LogP contribution in [0, 0.1) is 0 Å². The van der Waals surface area contributed by atoms with Crippen LogP contribution in [0.4, 0.5) is 0 Å². The van der Waals surface area contributed by atoms with Crippen LogP contribution in [0.5, 0.6) is 0 Å². The van der Waals surface area contributed by atoms with Crippen LogP contribution < -0.4 is 5.32 Å². The first-order valence-corrected chi connectivity index (χ1v) is 8.65. The zero-order chi connectivity index (χ0) is 17.9. The summed E-state index contributed by atoms with van der Waals surface area (Å²) >= 11 is 0. The molecule has 2 amide bonds. The molecule has 0 saturated carbocycles. The summed E-state index contributed by atoms with van der Waals surface area (Å²) in [5.41, 5.74) is 1.94. The molecule has 26 heavy (non-hydrogen) atoms. The van der Waals surface area contributed by atoms with Crippen LogP contribution in [-0.2, 0) is 0 Å². The molecule has 0 radical (unpaired) electrons. The highest BCUT2D eigenvalue weighted by Gasteiger charge is 2.26. The molecule has 1 fully saturated rings. The lowest BCUT2D eigenvalue weighted by atomic mass is 10.0. The minimum atomic E-state index is -0.177. The van der Waals surface area contributed by atoms with Crippen molar-refractivity contribution in [3.8, 4) is 0 Å². The molecule has 1 aliphatic rings. The van der Waals surface area contributed by atoms with Crippen molar-refractivity contribution in [2.24, 2.45) is 0 Å². The molecule has 3 aromatic heterocycles. The average molecular weight is 349 g/mol. The summed E-state index contributed by atoms with van der Waals surface area (Å²) in [4.78, 5) is 31.0. The van der Waals surface area contributed by atoms with E-state index in [4.69, 9.17) is 0 Å². The van der Waals surface area contributed by atoms with Crippen molar-refractivity contribution in [1.29, 1.82) is 0 Å². The summed E-state index contributed by atoms with van der Waals surface area (Å²) < 4.78 is 1.62. The standard InChI is InChI=1S/C19H19N5O2/c25-18(17-8-7-16-6-2-10-21-24(16)17)22-15-5-3-11-23(13-15)19(26)14-4-1-9-20-12-14/h1-2,4,6-10,12,15H,3,5,11,13H2,(H,22,25). The molecule has 0 bridgehead atoms. The van der Waals surface area contributed by atoms with Gasteiger partial charge in [0.25, 0.3) is 11.8 Å². The number of carbonyl (C=O) groups excluding carboxylic acids is 2. The average Bonchev–Trinajstić information content (AvgIpc) is 3.12. The lowest BCUT2D eigenvalue weighted by molar-refractivity contribution is 0.0674. The molecule has 0 aliphatic carbocycles. The Labute approximate surface area is 150 Å². The molecule has 4 heterocycles. The van der Waals surface area contributed by atoms with Gasteiger partial charge >= 0.3 is 0 Å². The van der Waals surface area contributed by atoms with Gasteiger partial charge < -0.3 is 10.2 Å². The van der Waals surface area contributed by atoms with Crippen LogP contribution in [0.2, 0.25) is 0 Å². The van der Waals surface area contributed by atoms with E-state index in [0.717, 1.165) is 18.4 Å². The SMILES string of the molecule is O=C(NC1CCCN(C(=O)c2cccnc2)C1)c1ccc2cccnn12. The second-order valence-corrected chi connectivity index (χ2v) is 6.38. The Morgan fingerprint density at radius 1 is 1.12 bits per heavy atom. The van der Waals surface area contributed by atoms with Crippen molar-refractivity contribution in [3.63, 3.8) is 0 Å². The Kier molecular flexibility index (Phi) is 4.35. The van der Waals surface area contributed by atoms with E-state index in [-0.39, 0.29) is 17.9 Å². The summed E-state index contributed by atoms with van der Waals surface area (Å²) in [5, 5.41) is 7.26. The number of pyridine rings is 1. The minimum absolute atomic E-state index is 0.0492. The quantitative estimate of drug-likeness (QED) is 0.781. The Morgan fingerprint density at radius 3 is 2.85 bits per heavy atom. The first kappa shape index (κ1) is 16.3. The molecule has 0 spiro atoms. The van der Waals surface area contributed by atoms with Gasteiger partial charge in [0.15, 0.2) is 0 Å². The van der Waals surface area contributed by atoms with E-state index in [9.17, 15) is 9.59 Å². The molecule has 1 aliphatic heterocycles. The highest BCUT2D eigenvalue weighted by molar-refractivity contribution is 5.95. The summed E-state index contributed by atoms with van der Waals surface area (Å²) in [6, 6.07) is 10.8. The third-order valence-corrected chi connectivity index (χ3v) is 4.60. The third kappa shape index (κ3) is 3.15. The lowest BCUT2D eigenvalue weighted by Crippen LogP contribution is -2.49. The van der Waals surface area contributed by atoms with E-state index >= 15 is 0 Å². The maximum atomic E-state index is 12.6. The molecule has 1 atom stereocenters. The summed E-state index contributed by atoms with van der Waals surface area (Å²) in [6.45, 7) is 1.19. The number of nitrogens with zero attached hydrogens (tertiary/aromatic N) is 4. The fourth-order valence-corrected chi connectivity index (χ4v) is 3.33. The van der Waals surface area contributed by atoms with Crippen LogP contribution in [0.15, 0.2) is 55.0 Å². The maximum Gasteiger partial charge on any atom is 0.270 e. The molecular formula is C19H19N5O2. The number of likely N-dealkylation sites (tertiary alicyclic amines) is 1. The van der Waals surface area contributed by atoms with Gasteiger partial charge in [0.05, 0.1) is 11.1 Å². The number of aromatic nitrogens is 3. The normalized spacial score (nSPS) is 17.2. The minimum Gasteiger partial charge on any atom is -0.346 e. The number of carbonyl (C=O) groups is 2. The summed E-state index contributed by atoms with van der Waals surface area (Å²) in [7, 11) is 0. The van der Waals surface area contributed by atoms with Gasteiger partial charge in [-0.25, -0.2) is 4.52 Å². The lowest BCUT2D eigenvalue weighted by Gasteiger charge is -2.33. The predicted molar refractivity (Wildman–Crippen MR) is 95.8 cm³/mol. The van der Waals surface area contributed by atoms with Crippen molar-refractivity contribution >= 4 is 17.3 Å². The first-order chi connectivity index (χ1) is 12.7. The molecular weight excluding hydrogens is 330 g/mol. The Bertz CT molecular complexity index is 937. The molecule has 3 aromatic rings. The van der Waals surface area contributed by atoms with Crippen LogP contribution in [0.3, 0.4) is 0 Å². The fraction of sp³-hybridized carbons (Fsp3) is 0.263. The fourth-order valence-electron chi connectivity index (χ4n) is 3.33. The molecule has 1 unspecified atom stereocenters. The van der Waals surface area contributed by atoms with E-state index in [1.165, 1.54) is 0 Å². The van der Waals surface area contributed by atoms with E-state index in [2.05, 4.69) is 15.4 Å². The van der Waals surface area contributed by atoms with Gasteiger partial charge in [0, 0.05) is 37.7 Å². The van der Waals surface area contributed by atoms with Gasteiger partial charge in [-0.05, 0) is 49.2 Å². The number of hydrogen-bond donors (Lipinski definition) is 1. The monoisotopic (exact) mass is 349 g/mol. The number of rotatable bonds is 3. The molecule has 132 valence electrons. The third-order valence-electron chi connectivity index (χ3n) is 4.60. The highest BCUT2D eigenvalue weighted by atomic mass is 16.2. The van der Waals surface area contributed by atoms with Crippen molar-refractivity contribution in [2.45, 2.75) is 18.9 Å². The second-order valence-electron chi connectivity index (χ2n) is 6.38. The topological polar surface area (TPSA) is 79.6 Å². The van der Waals surface area contributed by atoms with Gasteiger partial charge in [-0.15, -0.1) is 0 Å². The largest absolute Gasteiger partial charge is 0.346 e. The van der Waals surface area contributed by atoms with Gasteiger partial charge in [-0.1, -0.05) is 0 Å². The van der Waals surface area contributed by atoms with Crippen LogP contribution >= 0.6 is 0 Å². The van der Waals surface area contributed by atoms with Gasteiger partial charge in [-0.2, -0.15) is 5.10 Å². The van der Waals surface area contributed by atoms with Gasteiger partial charge in [0.2, 0.25) is 0 Å². The van der Waals surface area contributed by atoms with Crippen LogP contribution in [0.1, 0.15) is 33.7 Å². The van der Waals surface area contributed by atoms with E-state index in [1.54, 1.807) is 46.2 Å². The summed E-state index contributed by atoms with van der Waals surface area (Å²) in [6.07, 6.45) is 6.57. The van der Waals surface area contributed by atoms with Crippen LogP contribution in [-0.4, -0.2) is 50.4 Å². The molecule has 1 N–H and O–H groups in total. The van der Waals surface area contributed by atoms with Crippen molar-refractivity contribution in [1.82, 2.24) is 24.8 Å². The van der Waals surface area contributed by atoms with Crippen molar-refractivity contribution < 1.29 is 9.59 Å². The number of nitrogens with one attached hydrogen (secondary N) is 1. The summed E-state index contributed by atoms with van der Waals surface area (Å²) in [5.74, 6) is -0.226. The van der Waals surface area contributed by atoms with Gasteiger partial charge in [-0.3, -0.25) is 14.6 Å².